The highest BCUT2D eigenvalue weighted by Crippen LogP contribution is 2.42. The van der Waals surface area contributed by atoms with Gasteiger partial charge in [-0.2, -0.15) is 0 Å². The number of hydrogen-bond donors (Lipinski definition) is 4. The van der Waals surface area contributed by atoms with Crippen molar-refractivity contribution >= 4 is 40.5 Å². The highest BCUT2D eigenvalue weighted by molar-refractivity contribution is 5.97. The Labute approximate surface area is 393 Å². The van der Waals surface area contributed by atoms with Gasteiger partial charge in [0.2, 0.25) is 11.8 Å². The number of likely N-dealkylation sites (tertiary alicyclic amines) is 1. The number of rotatable bonds is 10. The molecule has 0 unspecified atom stereocenters. The molecule has 0 aliphatic carbocycles. The van der Waals surface area contributed by atoms with Crippen LogP contribution in [-0.4, -0.2) is 135 Å². The molecule has 2 saturated heterocycles. The van der Waals surface area contributed by atoms with Crippen molar-refractivity contribution < 1.29 is 38.9 Å². The van der Waals surface area contributed by atoms with Gasteiger partial charge in [-0.1, -0.05) is 70.7 Å². The summed E-state index contributed by atoms with van der Waals surface area (Å²) < 4.78 is 8.47. The molecule has 6 bridgehead atoms. The second kappa shape index (κ2) is 19.7. The molecular weight excluding hydrogens is 851 g/mol. The summed E-state index contributed by atoms with van der Waals surface area (Å²) in [5, 5.41) is 28.2. The summed E-state index contributed by atoms with van der Waals surface area (Å²) in [7, 11) is 5.55. The average molecular weight is 918 g/mol. The summed E-state index contributed by atoms with van der Waals surface area (Å²) in [5.74, 6) is -3.27. The summed E-state index contributed by atoms with van der Waals surface area (Å²) in [5.41, 5.74) is 8.35. The molecule has 1 aromatic heterocycles. The smallest absolute Gasteiger partial charge is 0.324 e. The van der Waals surface area contributed by atoms with Gasteiger partial charge >= 0.3 is 5.97 Å². The molecule has 3 aromatic carbocycles. The van der Waals surface area contributed by atoms with Crippen LogP contribution in [0.3, 0.4) is 0 Å². The zero-order valence-corrected chi connectivity index (χ0v) is 40.2. The van der Waals surface area contributed by atoms with Crippen molar-refractivity contribution in [2.24, 2.45) is 11.3 Å². The number of aliphatic hydroxyl groups is 1. The number of aromatic hydroxyl groups is 1. The van der Waals surface area contributed by atoms with Crippen LogP contribution >= 0.6 is 0 Å². The van der Waals surface area contributed by atoms with E-state index in [9.17, 15) is 34.2 Å². The number of carbonyl (C=O) groups excluding carboxylic acids is 5. The molecule has 0 saturated carbocycles. The Kier molecular flexibility index (Phi) is 14.4. The van der Waals surface area contributed by atoms with Gasteiger partial charge in [-0.15, -0.1) is 0 Å². The topological polar surface area (TPSA) is 177 Å². The predicted molar refractivity (Wildman–Crippen MR) is 257 cm³/mol. The van der Waals surface area contributed by atoms with Crippen molar-refractivity contribution in [3.63, 3.8) is 0 Å². The first-order valence-corrected chi connectivity index (χ1v) is 23.4. The van der Waals surface area contributed by atoms with Gasteiger partial charge in [0.1, 0.15) is 23.9 Å². The number of nitrogens with one attached hydrogen (secondary N) is 2. The SMILES string of the molecule is C=CC(=O)N1CC[C@](O)(C(=O)N(C)[C@H](C(=O)N[C@H]2Cc3cc(O)cc(c3)-c3ccc4c(c3)c(c(-c3ccccc3CN(C)C)n4CC)CC(C)(C)COC(=O)[C@@H]3CCCN(N3)C2=O)C(C)C)C1. The lowest BCUT2D eigenvalue weighted by atomic mass is 9.84. The molecule has 0 spiro atoms. The van der Waals surface area contributed by atoms with Gasteiger partial charge in [-0.3, -0.25) is 29.0 Å². The summed E-state index contributed by atoms with van der Waals surface area (Å²) in [6, 6.07) is 16.7. The molecular formula is C52H67N7O8. The number of likely N-dealkylation sites (N-methyl/N-ethyl adjacent to an activating group) is 1. The second-order valence-electron chi connectivity index (χ2n) is 20.0. The van der Waals surface area contributed by atoms with Gasteiger partial charge in [-0.25, -0.2) is 5.43 Å². The number of aromatic nitrogens is 1. The molecule has 0 radical (unpaired) electrons. The fraction of sp³-hybridized carbons (Fsp3) is 0.481. The van der Waals surface area contributed by atoms with Crippen LogP contribution in [0.2, 0.25) is 0 Å². The number of cyclic esters (lactones) is 1. The van der Waals surface area contributed by atoms with E-state index in [2.05, 4.69) is 98.1 Å². The van der Waals surface area contributed by atoms with Crippen molar-refractivity contribution in [3.8, 4) is 28.1 Å². The summed E-state index contributed by atoms with van der Waals surface area (Å²) in [6.07, 6.45) is 2.55. The molecule has 4 aromatic rings. The maximum Gasteiger partial charge on any atom is 0.324 e. The van der Waals surface area contributed by atoms with Gasteiger partial charge in [-0.05, 0) is 104 Å². The quantitative estimate of drug-likeness (QED) is 0.125. The lowest BCUT2D eigenvalue weighted by molar-refractivity contribution is -0.156. The van der Waals surface area contributed by atoms with Crippen LogP contribution in [0.4, 0.5) is 0 Å². The number of phenolic OH excluding ortho intramolecular Hbond substituents is 1. The number of benzene rings is 3. The van der Waals surface area contributed by atoms with Gasteiger partial charge in [0.05, 0.1) is 18.8 Å². The Hall–Kier alpha value is -6.03. The van der Waals surface area contributed by atoms with E-state index < -0.39 is 64.7 Å². The third-order valence-electron chi connectivity index (χ3n) is 13.4. The number of ether oxygens (including phenoxy) is 1. The van der Waals surface area contributed by atoms with Crippen LogP contribution in [0.15, 0.2) is 73.3 Å². The molecule has 4 atom stereocenters. The Morgan fingerprint density at radius 3 is 2.48 bits per heavy atom. The van der Waals surface area contributed by atoms with Crippen molar-refractivity contribution in [2.45, 2.75) is 104 Å². The third kappa shape index (κ3) is 10.3. The molecule has 67 heavy (non-hydrogen) atoms. The average Bonchev–Trinajstić information content (AvgIpc) is 3.84. The highest BCUT2D eigenvalue weighted by Gasteiger charge is 2.48. The van der Waals surface area contributed by atoms with Crippen molar-refractivity contribution in [2.75, 3.05) is 47.4 Å². The van der Waals surface area contributed by atoms with Gasteiger partial charge in [0, 0.05) is 67.9 Å². The molecule has 4 heterocycles. The Morgan fingerprint density at radius 2 is 1.78 bits per heavy atom. The number of aryl methyl sites for hydroxylation is 1. The number of fused-ring (bicyclic) bond motifs is 6. The number of nitrogens with zero attached hydrogens (tertiary/aromatic N) is 5. The Balaban J connectivity index is 1.31. The van der Waals surface area contributed by atoms with E-state index in [0.717, 1.165) is 45.9 Å². The monoisotopic (exact) mass is 918 g/mol. The Bertz CT molecular complexity index is 2570. The second-order valence-corrected chi connectivity index (χ2v) is 20.0. The standard InChI is InChI=1S/C52H67N7O8/c1-10-44(61)57-22-20-52(66,30-57)50(65)56(9)45(32(3)4)47(62)53-42-25-33-23-36(26-37(60)24-33)34-18-19-43-39(27-34)40(46(58(43)11-2)38-16-13-12-15-35(38)29-55(7)8)28-51(5,6)31-67-49(64)41-17-14-21-59(54-41)48(42)63/h10,12-13,15-16,18-19,23-24,26-27,32,41-42,45,54,60,66H,1,11,14,17,20-22,25,28-31H2,2-9H3,(H,53,62)/t41-,42-,45-,52+/m0/s1. The van der Waals surface area contributed by atoms with Crippen molar-refractivity contribution in [1.29, 1.82) is 0 Å². The first-order chi connectivity index (χ1) is 31.7. The highest BCUT2D eigenvalue weighted by atomic mass is 16.5. The summed E-state index contributed by atoms with van der Waals surface area (Å²) in [4.78, 5) is 74.2. The molecule has 3 aliphatic rings. The summed E-state index contributed by atoms with van der Waals surface area (Å²) >= 11 is 0. The van der Waals surface area contributed by atoms with Gasteiger partial charge in [0.25, 0.3) is 11.8 Å². The lowest BCUT2D eigenvalue weighted by Crippen LogP contribution is -2.63. The maximum atomic E-state index is 14.7. The number of amides is 4. The lowest BCUT2D eigenvalue weighted by Gasteiger charge is -2.37. The molecule has 7 rings (SSSR count). The fourth-order valence-corrected chi connectivity index (χ4v) is 10.2. The number of phenols is 1. The Morgan fingerprint density at radius 1 is 1.03 bits per heavy atom. The number of esters is 1. The zero-order chi connectivity index (χ0) is 48.5. The van der Waals surface area contributed by atoms with E-state index in [1.807, 2.05) is 12.1 Å². The first kappa shape index (κ1) is 48.9. The third-order valence-corrected chi connectivity index (χ3v) is 13.4. The minimum Gasteiger partial charge on any atom is -0.508 e. The molecule has 3 aliphatic heterocycles. The molecule has 358 valence electrons. The van der Waals surface area contributed by atoms with Crippen LogP contribution in [0, 0.1) is 11.3 Å². The largest absolute Gasteiger partial charge is 0.508 e. The van der Waals surface area contributed by atoms with Crippen molar-refractivity contribution in [3.05, 3.63) is 90.0 Å². The number of hydrazine groups is 1. The van der Waals surface area contributed by atoms with E-state index in [1.165, 1.54) is 27.4 Å². The van der Waals surface area contributed by atoms with Crippen molar-refractivity contribution in [1.82, 2.24) is 35.0 Å². The zero-order valence-electron chi connectivity index (χ0n) is 40.2. The van der Waals surface area contributed by atoms with E-state index in [0.29, 0.717) is 36.9 Å². The van der Waals surface area contributed by atoms with Crippen LogP contribution in [-0.2, 0) is 54.6 Å². The molecule has 15 heteroatoms. The molecule has 4 amide bonds. The van der Waals surface area contributed by atoms with E-state index in [-0.39, 0.29) is 44.8 Å². The molecule has 15 nitrogen and oxygen atoms in total. The van der Waals surface area contributed by atoms with E-state index >= 15 is 0 Å². The maximum absolute atomic E-state index is 14.7. The first-order valence-electron chi connectivity index (χ1n) is 23.4. The minimum atomic E-state index is -1.92. The van der Waals surface area contributed by atoms with Crippen LogP contribution < -0.4 is 10.7 Å². The number of β-amino-alcohol motifs (C(OH)–C–C–N with tert-alkyl or cyclic N) is 1. The predicted octanol–water partition coefficient (Wildman–Crippen LogP) is 5.04. The molecule has 4 N–H and O–H groups in total. The van der Waals surface area contributed by atoms with Crippen LogP contribution in [0.1, 0.15) is 70.6 Å². The minimum absolute atomic E-state index is 0.0184. The van der Waals surface area contributed by atoms with Gasteiger partial charge in [0.15, 0.2) is 5.60 Å². The summed E-state index contributed by atoms with van der Waals surface area (Å²) in [6.45, 7) is 15.1. The number of carbonyl (C=O) groups is 5. The number of hydrogen-bond acceptors (Lipinski definition) is 10. The normalized spacial score (nSPS) is 21.5. The van der Waals surface area contributed by atoms with Crippen LogP contribution in [0.5, 0.6) is 5.75 Å². The molecule has 2 fully saturated rings. The fourth-order valence-electron chi connectivity index (χ4n) is 10.2. The van der Waals surface area contributed by atoms with Gasteiger partial charge < -0.3 is 39.5 Å². The van der Waals surface area contributed by atoms with Crippen LogP contribution in [0.25, 0.3) is 33.3 Å². The van der Waals surface area contributed by atoms with E-state index in [4.69, 9.17) is 4.74 Å². The van der Waals surface area contributed by atoms with E-state index in [1.54, 1.807) is 26.0 Å².